The molecule has 2 aromatic carbocycles. The predicted molar refractivity (Wildman–Crippen MR) is 104 cm³/mol. The van der Waals surface area contributed by atoms with E-state index in [-0.39, 0.29) is 16.5 Å². The van der Waals surface area contributed by atoms with E-state index in [4.69, 9.17) is 11.6 Å². The minimum atomic E-state index is -4.54. The molecule has 144 valence electrons. The zero-order valence-corrected chi connectivity index (χ0v) is 16.0. The molecule has 0 saturated carbocycles. The molecule has 0 saturated heterocycles. The smallest absolute Gasteiger partial charge is 0.355 e. The quantitative estimate of drug-likeness (QED) is 0.512. The maximum Gasteiger partial charge on any atom is 0.417 e. The summed E-state index contributed by atoms with van der Waals surface area (Å²) in [5.41, 5.74) is 2.12. The molecule has 0 atom stereocenters. The van der Waals surface area contributed by atoms with Gasteiger partial charge in [0.2, 0.25) is 0 Å². The number of benzene rings is 2. The summed E-state index contributed by atoms with van der Waals surface area (Å²) in [4.78, 5) is 11.6. The first-order valence-electron chi connectivity index (χ1n) is 8.60. The van der Waals surface area contributed by atoms with Gasteiger partial charge < -0.3 is 5.32 Å². The summed E-state index contributed by atoms with van der Waals surface area (Å²) in [5.74, 6) is -0.0367. The van der Waals surface area contributed by atoms with E-state index in [1.807, 2.05) is 6.07 Å². The van der Waals surface area contributed by atoms with E-state index in [9.17, 15) is 18.0 Å². The van der Waals surface area contributed by atoms with Gasteiger partial charge in [0.25, 0.3) is 0 Å². The number of unbranched alkanes of at least 4 members (excludes halogenated alkanes) is 1. The maximum atomic E-state index is 13.0. The van der Waals surface area contributed by atoms with Crippen LogP contribution in [0.4, 0.5) is 18.9 Å². The second-order valence-electron chi connectivity index (χ2n) is 6.33. The normalized spacial score (nSPS) is 11.3. The van der Waals surface area contributed by atoms with Crippen LogP contribution in [-0.4, -0.2) is 5.78 Å². The molecule has 0 aliphatic rings. The van der Waals surface area contributed by atoms with Gasteiger partial charge in [-0.1, -0.05) is 43.7 Å². The monoisotopic (exact) mass is 395 g/mol. The van der Waals surface area contributed by atoms with E-state index in [0.717, 1.165) is 36.5 Å². The van der Waals surface area contributed by atoms with Gasteiger partial charge >= 0.3 is 6.18 Å². The number of Topliss-reactive ketones (excluding diaryl/α,β-unsaturated/α-hetero) is 1. The second-order valence-corrected chi connectivity index (χ2v) is 6.73. The lowest BCUT2D eigenvalue weighted by molar-refractivity contribution is -0.137. The molecule has 0 fully saturated rings. The first-order valence-corrected chi connectivity index (χ1v) is 8.98. The summed E-state index contributed by atoms with van der Waals surface area (Å²) in [6.45, 7) is 7.53. The lowest BCUT2D eigenvalue weighted by Gasteiger charge is -2.17. The maximum absolute atomic E-state index is 13.0. The van der Waals surface area contributed by atoms with E-state index in [1.54, 1.807) is 12.1 Å². The molecular formula is C21H21ClF3NO. The molecular weight excluding hydrogens is 375 g/mol. The van der Waals surface area contributed by atoms with Gasteiger partial charge in [0.1, 0.15) is 0 Å². The van der Waals surface area contributed by atoms with E-state index in [0.29, 0.717) is 11.3 Å². The molecule has 0 amide bonds. The molecule has 2 nitrogen and oxygen atoms in total. The third-order valence-electron chi connectivity index (χ3n) is 4.20. The fourth-order valence-electron chi connectivity index (χ4n) is 2.74. The van der Waals surface area contributed by atoms with Crippen molar-refractivity contribution in [3.8, 4) is 0 Å². The van der Waals surface area contributed by atoms with Crippen molar-refractivity contribution in [1.29, 1.82) is 0 Å². The topological polar surface area (TPSA) is 29.1 Å². The molecule has 2 aromatic rings. The second kappa shape index (κ2) is 8.61. The molecule has 6 heteroatoms. The number of aryl methyl sites for hydroxylation is 1. The molecule has 0 aliphatic heterocycles. The number of nitrogens with one attached hydrogen (secondary N) is 1. The summed E-state index contributed by atoms with van der Waals surface area (Å²) < 4.78 is 39.1. The fourth-order valence-corrected chi connectivity index (χ4v) is 2.97. The van der Waals surface area contributed by atoms with Crippen molar-refractivity contribution < 1.29 is 18.0 Å². The zero-order chi connectivity index (χ0) is 20.2. The number of anilines is 1. The Bertz CT molecular complexity index is 859. The van der Waals surface area contributed by atoms with Crippen molar-refractivity contribution >= 4 is 28.8 Å². The van der Waals surface area contributed by atoms with Gasteiger partial charge in [-0.2, -0.15) is 13.2 Å². The van der Waals surface area contributed by atoms with Crippen LogP contribution in [0.25, 0.3) is 5.70 Å². The van der Waals surface area contributed by atoms with Crippen molar-refractivity contribution in [1.82, 2.24) is 0 Å². The third kappa shape index (κ3) is 5.36. The predicted octanol–water partition coefficient (Wildman–Crippen LogP) is 6.99. The SMILES string of the molecule is C=C(Nc1ccc(Cl)c(C(F)(F)F)c1)c1ccc(C(C)=O)cc1CCCC. The number of halogens is 4. The van der Waals surface area contributed by atoms with Crippen LogP contribution in [0.15, 0.2) is 43.0 Å². The fraction of sp³-hybridized carbons (Fsp3) is 0.286. The number of hydrogen-bond acceptors (Lipinski definition) is 2. The third-order valence-corrected chi connectivity index (χ3v) is 4.53. The number of hydrogen-bond donors (Lipinski definition) is 1. The number of carbonyl (C=O) groups is 1. The number of carbonyl (C=O) groups excluding carboxylic acids is 1. The molecule has 2 rings (SSSR count). The summed E-state index contributed by atoms with van der Waals surface area (Å²) in [6, 6.07) is 8.93. The van der Waals surface area contributed by atoms with Crippen LogP contribution in [0.1, 0.15) is 53.7 Å². The van der Waals surface area contributed by atoms with Crippen molar-refractivity contribution in [3.05, 3.63) is 70.3 Å². The van der Waals surface area contributed by atoms with Crippen LogP contribution in [-0.2, 0) is 12.6 Å². The average Bonchev–Trinajstić information content (AvgIpc) is 2.60. The molecule has 0 bridgehead atoms. The van der Waals surface area contributed by atoms with Crippen LogP contribution < -0.4 is 5.32 Å². The van der Waals surface area contributed by atoms with Gasteiger partial charge in [0, 0.05) is 22.5 Å². The molecule has 1 N–H and O–H groups in total. The largest absolute Gasteiger partial charge is 0.417 e. The molecule has 27 heavy (non-hydrogen) atoms. The number of rotatable bonds is 7. The lowest BCUT2D eigenvalue weighted by Crippen LogP contribution is -2.08. The van der Waals surface area contributed by atoms with Crippen molar-refractivity contribution in [2.24, 2.45) is 0 Å². The van der Waals surface area contributed by atoms with Crippen molar-refractivity contribution in [2.45, 2.75) is 39.3 Å². The minimum absolute atomic E-state index is 0.0367. The highest BCUT2D eigenvalue weighted by atomic mass is 35.5. The standard InChI is InChI=1S/C21H21ClF3NO/c1-4-5-6-16-11-15(14(3)27)7-9-18(16)13(2)26-17-8-10-20(22)19(12-17)21(23,24)25/h7-12,26H,2,4-6H2,1,3H3. The minimum Gasteiger partial charge on any atom is -0.355 e. The number of ketones is 1. The van der Waals surface area contributed by atoms with Crippen molar-refractivity contribution in [2.75, 3.05) is 5.32 Å². The Morgan fingerprint density at radius 1 is 1.19 bits per heavy atom. The van der Waals surface area contributed by atoms with E-state index < -0.39 is 11.7 Å². The summed E-state index contributed by atoms with van der Waals surface area (Å²) in [7, 11) is 0. The summed E-state index contributed by atoms with van der Waals surface area (Å²) in [5, 5.41) is 2.57. The molecule has 0 radical (unpaired) electrons. The lowest BCUT2D eigenvalue weighted by atomic mass is 9.96. The molecule has 0 unspecified atom stereocenters. The van der Waals surface area contributed by atoms with Crippen molar-refractivity contribution in [3.63, 3.8) is 0 Å². The highest BCUT2D eigenvalue weighted by molar-refractivity contribution is 6.31. The van der Waals surface area contributed by atoms with E-state index in [2.05, 4.69) is 18.8 Å². The molecule has 0 heterocycles. The first kappa shape index (κ1) is 21.0. The van der Waals surface area contributed by atoms with Crippen LogP contribution in [0.2, 0.25) is 5.02 Å². The Balaban J connectivity index is 2.34. The van der Waals surface area contributed by atoms with Gasteiger partial charge in [-0.05, 0) is 49.6 Å². The Hall–Kier alpha value is -2.27. The average molecular weight is 396 g/mol. The van der Waals surface area contributed by atoms with Crippen LogP contribution in [0.3, 0.4) is 0 Å². The molecule has 0 spiro atoms. The zero-order valence-electron chi connectivity index (χ0n) is 15.2. The Kier molecular flexibility index (Phi) is 6.71. The first-order chi connectivity index (χ1) is 12.6. The van der Waals surface area contributed by atoms with Crippen LogP contribution >= 0.6 is 11.6 Å². The van der Waals surface area contributed by atoms with Gasteiger partial charge in [-0.15, -0.1) is 0 Å². The van der Waals surface area contributed by atoms with E-state index in [1.165, 1.54) is 19.1 Å². The van der Waals surface area contributed by atoms with Gasteiger partial charge in [-0.25, -0.2) is 0 Å². The van der Waals surface area contributed by atoms with Gasteiger partial charge in [-0.3, -0.25) is 4.79 Å². The Labute approximate surface area is 162 Å². The van der Waals surface area contributed by atoms with Gasteiger partial charge in [0.15, 0.2) is 5.78 Å². The van der Waals surface area contributed by atoms with Crippen LogP contribution in [0.5, 0.6) is 0 Å². The summed E-state index contributed by atoms with van der Waals surface area (Å²) in [6.07, 6.45) is -1.87. The Morgan fingerprint density at radius 2 is 1.89 bits per heavy atom. The van der Waals surface area contributed by atoms with Gasteiger partial charge in [0.05, 0.1) is 10.6 Å². The van der Waals surface area contributed by atoms with E-state index >= 15 is 0 Å². The molecule has 0 aromatic heterocycles. The summed E-state index contributed by atoms with van der Waals surface area (Å²) >= 11 is 5.66. The van der Waals surface area contributed by atoms with Crippen LogP contribution in [0, 0.1) is 0 Å². The highest BCUT2D eigenvalue weighted by Crippen LogP contribution is 2.36. The molecule has 0 aliphatic carbocycles. The highest BCUT2D eigenvalue weighted by Gasteiger charge is 2.33. The number of alkyl halides is 3. The Morgan fingerprint density at radius 3 is 2.48 bits per heavy atom.